The van der Waals surface area contributed by atoms with Gasteiger partial charge in [0.15, 0.2) is 0 Å². The average Bonchev–Trinajstić information content (AvgIpc) is 2.62. The van der Waals surface area contributed by atoms with Crippen LogP contribution in [-0.4, -0.2) is 37.9 Å². The van der Waals surface area contributed by atoms with Crippen LogP contribution in [0.2, 0.25) is 10.0 Å². The number of hydrogen-bond donors (Lipinski definition) is 1. The highest BCUT2D eigenvalue weighted by atomic mass is 35.5. The Morgan fingerprint density at radius 1 is 1.07 bits per heavy atom. The summed E-state index contributed by atoms with van der Waals surface area (Å²) < 4.78 is 27.5. The Balaban J connectivity index is 2.25. The fraction of sp³-hybridized carbons (Fsp3) is 0.350. The molecule has 0 aromatic heterocycles. The number of sulfonamides is 1. The predicted octanol–water partition coefficient (Wildman–Crippen LogP) is 4.84. The van der Waals surface area contributed by atoms with Crippen molar-refractivity contribution in [3.8, 4) is 0 Å². The van der Waals surface area contributed by atoms with Crippen LogP contribution in [0.1, 0.15) is 20.8 Å². The summed E-state index contributed by atoms with van der Waals surface area (Å²) in [6.07, 6.45) is 0. The lowest BCUT2D eigenvalue weighted by molar-refractivity contribution is -0.119. The molecule has 0 aliphatic heterocycles. The molecule has 1 amide bonds. The van der Waals surface area contributed by atoms with Crippen molar-refractivity contribution >= 4 is 56.6 Å². The molecule has 2 rings (SSSR count). The van der Waals surface area contributed by atoms with E-state index in [0.29, 0.717) is 6.54 Å². The molecule has 0 saturated heterocycles. The van der Waals surface area contributed by atoms with Gasteiger partial charge in [0.2, 0.25) is 5.91 Å². The Kier molecular flexibility index (Phi) is 8.28. The maximum atomic E-state index is 13.2. The molecule has 0 heterocycles. The van der Waals surface area contributed by atoms with E-state index in [9.17, 15) is 13.2 Å². The molecule has 2 aromatic rings. The normalized spacial score (nSPS) is 11.9. The van der Waals surface area contributed by atoms with Crippen LogP contribution in [0, 0.1) is 0 Å². The minimum absolute atomic E-state index is 0.0761. The first kappa shape index (κ1) is 23.9. The molecule has 0 atom stereocenters. The van der Waals surface area contributed by atoms with Crippen molar-refractivity contribution in [2.75, 3.05) is 23.1 Å². The van der Waals surface area contributed by atoms with Crippen LogP contribution in [0.5, 0.6) is 0 Å². The van der Waals surface area contributed by atoms with Gasteiger partial charge in [0.05, 0.1) is 10.6 Å². The maximum Gasteiger partial charge on any atom is 0.264 e. The Morgan fingerprint density at radius 2 is 1.66 bits per heavy atom. The van der Waals surface area contributed by atoms with E-state index in [1.807, 2.05) is 0 Å². The van der Waals surface area contributed by atoms with Gasteiger partial charge in [-0.2, -0.15) is 11.8 Å². The van der Waals surface area contributed by atoms with Crippen LogP contribution in [0.4, 0.5) is 5.69 Å². The van der Waals surface area contributed by atoms with Gasteiger partial charge < -0.3 is 5.32 Å². The molecule has 0 aliphatic rings. The first-order chi connectivity index (χ1) is 13.5. The van der Waals surface area contributed by atoms with Crippen LogP contribution in [0.3, 0.4) is 0 Å². The smallest absolute Gasteiger partial charge is 0.264 e. The third-order valence-corrected chi connectivity index (χ3v) is 7.21. The van der Waals surface area contributed by atoms with Crippen molar-refractivity contribution in [1.82, 2.24) is 5.32 Å². The molecule has 0 fully saturated rings. The molecule has 1 N–H and O–H groups in total. The number of carbonyl (C=O) groups is 1. The summed E-state index contributed by atoms with van der Waals surface area (Å²) in [5.41, 5.74) is 0.227. The second-order valence-electron chi connectivity index (χ2n) is 7.26. The van der Waals surface area contributed by atoms with E-state index in [-0.39, 0.29) is 31.9 Å². The lowest BCUT2D eigenvalue weighted by atomic mass is 10.3. The maximum absolute atomic E-state index is 13.2. The average molecular weight is 475 g/mol. The second-order valence-corrected chi connectivity index (χ2v) is 11.9. The summed E-state index contributed by atoms with van der Waals surface area (Å²) in [7, 11) is -3.99. The zero-order valence-corrected chi connectivity index (χ0v) is 19.6. The van der Waals surface area contributed by atoms with Crippen LogP contribution in [0.15, 0.2) is 53.4 Å². The van der Waals surface area contributed by atoms with E-state index in [4.69, 9.17) is 23.2 Å². The largest absolute Gasteiger partial charge is 0.354 e. The van der Waals surface area contributed by atoms with Crippen molar-refractivity contribution in [1.29, 1.82) is 0 Å². The molecule has 158 valence electrons. The van der Waals surface area contributed by atoms with Crippen molar-refractivity contribution in [2.24, 2.45) is 0 Å². The summed E-state index contributed by atoms with van der Waals surface area (Å²) in [5, 5.41) is 3.34. The zero-order chi connectivity index (χ0) is 21.7. The highest BCUT2D eigenvalue weighted by Crippen LogP contribution is 2.29. The van der Waals surface area contributed by atoms with Gasteiger partial charge >= 0.3 is 0 Å². The van der Waals surface area contributed by atoms with Gasteiger partial charge in [-0.25, -0.2) is 8.42 Å². The first-order valence-corrected chi connectivity index (χ1v) is 12.1. The predicted molar refractivity (Wildman–Crippen MR) is 123 cm³/mol. The molecule has 9 heteroatoms. The fourth-order valence-electron chi connectivity index (χ4n) is 2.45. The quantitative estimate of drug-likeness (QED) is 0.555. The number of nitrogens with zero attached hydrogens (tertiary/aromatic N) is 1. The molecule has 2 aromatic carbocycles. The monoisotopic (exact) mass is 474 g/mol. The molecular formula is C20H24Cl2N2O3S2. The third-order valence-electron chi connectivity index (χ3n) is 3.71. The minimum atomic E-state index is -3.99. The number of nitrogens with one attached hydrogen (secondary N) is 1. The van der Waals surface area contributed by atoms with E-state index in [1.54, 1.807) is 30.0 Å². The Morgan fingerprint density at radius 3 is 2.21 bits per heavy atom. The van der Waals surface area contributed by atoms with Gasteiger partial charge in [-0.15, -0.1) is 0 Å². The SMILES string of the molecule is CC(C)(C)SCCNC(=O)CN(c1cc(Cl)cc(Cl)c1)S(=O)(=O)c1ccccc1. The van der Waals surface area contributed by atoms with Crippen molar-refractivity contribution in [3.63, 3.8) is 0 Å². The van der Waals surface area contributed by atoms with Gasteiger partial charge in [-0.05, 0) is 30.3 Å². The molecule has 29 heavy (non-hydrogen) atoms. The number of halogens is 2. The number of hydrogen-bond acceptors (Lipinski definition) is 4. The summed E-state index contributed by atoms with van der Waals surface area (Å²) in [6, 6.07) is 12.4. The van der Waals surface area contributed by atoms with Gasteiger partial charge in [-0.1, -0.05) is 62.2 Å². The second kappa shape index (κ2) is 10.1. The molecule has 5 nitrogen and oxygen atoms in total. The Hall–Kier alpha value is -1.41. The molecule has 0 radical (unpaired) electrons. The van der Waals surface area contributed by atoms with Gasteiger partial charge in [0, 0.05) is 27.1 Å². The number of anilines is 1. The van der Waals surface area contributed by atoms with Gasteiger partial charge in [-0.3, -0.25) is 9.10 Å². The van der Waals surface area contributed by atoms with Gasteiger partial charge in [0.25, 0.3) is 10.0 Å². The lowest BCUT2D eigenvalue weighted by Crippen LogP contribution is -2.41. The molecule has 0 saturated carbocycles. The first-order valence-electron chi connectivity index (χ1n) is 8.93. The van der Waals surface area contributed by atoms with Crippen molar-refractivity contribution in [3.05, 3.63) is 58.6 Å². The van der Waals surface area contributed by atoms with Crippen molar-refractivity contribution in [2.45, 2.75) is 30.4 Å². The summed E-state index contributed by atoms with van der Waals surface area (Å²) in [6.45, 7) is 6.34. The minimum Gasteiger partial charge on any atom is -0.354 e. The zero-order valence-electron chi connectivity index (χ0n) is 16.5. The number of thioether (sulfide) groups is 1. The highest BCUT2D eigenvalue weighted by Gasteiger charge is 2.27. The number of benzene rings is 2. The van der Waals surface area contributed by atoms with Gasteiger partial charge in [0.1, 0.15) is 6.54 Å². The Labute approximate surface area is 186 Å². The van der Waals surface area contributed by atoms with Crippen LogP contribution >= 0.6 is 35.0 Å². The summed E-state index contributed by atoms with van der Waals surface area (Å²) >= 11 is 13.8. The number of rotatable bonds is 8. The molecule has 0 unspecified atom stereocenters. The van der Waals surface area contributed by atoms with Crippen molar-refractivity contribution < 1.29 is 13.2 Å². The molecule has 0 bridgehead atoms. The summed E-state index contributed by atoms with van der Waals surface area (Å²) in [4.78, 5) is 12.6. The molecule has 0 spiro atoms. The van der Waals surface area contributed by atoms with E-state index in [1.165, 1.54) is 30.3 Å². The Bertz CT molecular complexity index is 926. The van der Waals surface area contributed by atoms with E-state index < -0.39 is 15.9 Å². The third kappa shape index (κ3) is 7.41. The highest BCUT2D eigenvalue weighted by molar-refractivity contribution is 8.00. The number of carbonyl (C=O) groups excluding carboxylic acids is 1. The van der Waals surface area contributed by atoms with E-state index >= 15 is 0 Å². The standard InChI is InChI=1S/C20H24Cl2N2O3S2/c1-20(2,3)28-10-9-23-19(25)14-24(17-12-15(21)11-16(22)13-17)29(26,27)18-7-5-4-6-8-18/h4-8,11-13H,9-10,14H2,1-3H3,(H,23,25). The number of amides is 1. The summed E-state index contributed by atoms with van der Waals surface area (Å²) in [5.74, 6) is 0.319. The molecular weight excluding hydrogens is 451 g/mol. The van der Waals surface area contributed by atoms with Crippen LogP contribution in [0.25, 0.3) is 0 Å². The van der Waals surface area contributed by atoms with E-state index in [2.05, 4.69) is 26.1 Å². The topological polar surface area (TPSA) is 66.5 Å². The van der Waals surface area contributed by atoms with Crippen LogP contribution < -0.4 is 9.62 Å². The van der Waals surface area contributed by atoms with Crippen LogP contribution in [-0.2, 0) is 14.8 Å². The molecule has 0 aliphatic carbocycles. The van der Waals surface area contributed by atoms with E-state index in [0.717, 1.165) is 10.1 Å². The fourth-order valence-corrected chi connectivity index (χ4v) is 5.21. The lowest BCUT2D eigenvalue weighted by Gasteiger charge is -2.24.